The number of amides is 1. The maximum absolute atomic E-state index is 12.3. The number of benzene rings is 1. The molecule has 0 radical (unpaired) electrons. The molecule has 2 rings (SSSR count). The van der Waals surface area contributed by atoms with E-state index < -0.39 is 0 Å². The van der Waals surface area contributed by atoms with Crippen molar-refractivity contribution < 1.29 is 9.53 Å². The summed E-state index contributed by atoms with van der Waals surface area (Å²) in [7, 11) is 1.85. The van der Waals surface area contributed by atoms with Crippen LogP contribution >= 0.6 is 0 Å². The maximum Gasteiger partial charge on any atom is 0.253 e. The summed E-state index contributed by atoms with van der Waals surface area (Å²) in [6.07, 6.45) is 2.88. The number of para-hydroxylation sites is 1. The van der Waals surface area contributed by atoms with Gasteiger partial charge >= 0.3 is 0 Å². The second-order valence-electron chi connectivity index (χ2n) is 4.67. The molecular formula is C15H19NO2. The van der Waals surface area contributed by atoms with Crippen LogP contribution in [0.5, 0.6) is 5.75 Å². The summed E-state index contributed by atoms with van der Waals surface area (Å²) in [5.74, 6) is 0.902. The van der Waals surface area contributed by atoms with Gasteiger partial charge in [0, 0.05) is 18.7 Å². The van der Waals surface area contributed by atoms with Gasteiger partial charge in [-0.05, 0) is 25.5 Å². The Hall–Kier alpha value is -1.77. The highest BCUT2D eigenvalue weighted by molar-refractivity contribution is 5.99. The van der Waals surface area contributed by atoms with Crippen molar-refractivity contribution in [3.63, 3.8) is 0 Å². The molecule has 3 heteroatoms. The Morgan fingerprint density at radius 3 is 2.89 bits per heavy atom. The van der Waals surface area contributed by atoms with Gasteiger partial charge in [-0.1, -0.05) is 25.1 Å². The number of fused-ring (bicyclic) bond motifs is 1. The Bertz CT molecular complexity index is 479. The molecule has 1 unspecified atom stereocenters. The monoisotopic (exact) mass is 245 g/mol. The fourth-order valence-electron chi connectivity index (χ4n) is 1.94. The highest BCUT2D eigenvalue weighted by Crippen LogP contribution is 2.26. The second kappa shape index (κ2) is 5.25. The Kier molecular flexibility index (Phi) is 3.70. The lowest BCUT2D eigenvalue weighted by molar-refractivity contribution is -0.127. The third-order valence-corrected chi connectivity index (χ3v) is 3.48. The maximum atomic E-state index is 12.3. The van der Waals surface area contributed by atoms with Gasteiger partial charge in [-0.2, -0.15) is 0 Å². The predicted molar refractivity (Wildman–Crippen MR) is 72.4 cm³/mol. The molecule has 0 saturated carbocycles. The van der Waals surface area contributed by atoms with Crippen molar-refractivity contribution in [1.82, 2.24) is 4.90 Å². The highest BCUT2D eigenvalue weighted by atomic mass is 16.5. The van der Waals surface area contributed by atoms with Gasteiger partial charge in [0.1, 0.15) is 12.4 Å². The molecule has 0 aromatic heterocycles. The van der Waals surface area contributed by atoms with Crippen LogP contribution in [0.1, 0.15) is 25.8 Å². The number of rotatable bonds is 3. The summed E-state index contributed by atoms with van der Waals surface area (Å²) < 4.78 is 5.60. The first-order chi connectivity index (χ1) is 8.63. The average molecular weight is 245 g/mol. The zero-order chi connectivity index (χ0) is 13.1. The minimum atomic E-state index is 0.0545. The number of hydrogen-bond donors (Lipinski definition) is 0. The summed E-state index contributed by atoms with van der Waals surface area (Å²) in [6.45, 7) is 4.49. The van der Waals surface area contributed by atoms with E-state index in [1.54, 1.807) is 4.90 Å². The highest BCUT2D eigenvalue weighted by Gasteiger charge is 2.22. The number of carbonyl (C=O) groups is 1. The number of nitrogens with zero attached hydrogens (tertiary/aromatic N) is 1. The molecule has 0 aliphatic carbocycles. The number of carbonyl (C=O) groups excluding carboxylic acids is 1. The van der Waals surface area contributed by atoms with E-state index >= 15 is 0 Å². The van der Waals surface area contributed by atoms with Gasteiger partial charge < -0.3 is 9.64 Å². The second-order valence-corrected chi connectivity index (χ2v) is 4.67. The van der Waals surface area contributed by atoms with Crippen molar-refractivity contribution >= 4 is 12.0 Å². The molecule has 0 saturated heterocycles. The minimum absolute atomic E-state index is 0.0545. The lowest BCUT2D eigenvalue weighted by Crippen LogP contribution is -2.37. The third kappa shape index (κ3) is 2.40. The van der Waals surface area contributed by atoms with Gasteiger partial charge in [0.15, 0.2) is 0 Å². The molecule has 18 heavy (non-hydrogen) atoms. The van der Waals surface area contributed by atoms with Crippen molar-refractivity contribution in [2.24, 2.45) is 0 Å². The van der Waals surface area contributed by atoms with Crippen LogP contribution in [0, 0.1) is 0 Å². The van der Waals surface area contributed by atoms with E-state index in [1.165, 1.54) is 0 Å². The molecule has 1 aliphatic heterocycles. The summed E-state index contributed by atoms with van der Waals surface area (Å²) >= 11 is 0. The van der Waals surface area contributed by atoms with Crippen LogP contribution in [-0.2, 0) is 4.79 Å². The molecule has 0 spiro atoms. The molecule has 1 amide bonds. The Morgan fingerprint density at radius 1 is 1.44 bits per heavy atom. The van der Waals surface area contributed by atoms with Gasteiger partial charge in [-0.15, -0.1) is 0 Å². The van der Waals surface area contributed by atoms with E-state index in [4.69, 9.17) is 4.74 Å². The third-order valence-electron chi connectivity index (χ3n) is 3.48. The zero-order valence-corrected chi connectivity index (χ0v) is 11.1. The van der Waals surface area contributed by atoms with E-state index in [9.17, 15) is 4.79 Å². The van der Waals surface area contributed by atoms with Crippen LogP contribution in [0.15, 0.2) is 29.8 Å². The van der Waals surface area contributed by atoms with Crippen molar-refractivity contribution in [2.45, 2.75) is 26.3 Å². The normalized spacial score (nSPS) is 15.2. The van der Waals surface area contributed by atoms with E-state index in [0.717, 1.165) is 23.3 Å². The molecule has 3 nitrogen and oxygen atoms in total. The first-order valence-corrected chi connectivity index (χ1v) is 6.33. The summed E-state index contributed by atoms with van der Waals surface area (Å²) in [5.41, 5.74) is 1.70. The van der Waals surface area contributed by atoms with E-state index in [1.807, 2.05) is 37.4 Å². The topological polar surface area (TPSA) is 29.5 Å². The van der Waals surface area contributed by atoms with E-state index in [0.29, 0.717) is 6.61 Å². The van der Waals surface area contributed by atoms with Crippen molar-refractivity contribution in [3.05, 3.63) is 35.4 Å². The van der Waals surface area contributed by atoms with E-state index in [-0.39, 0.29) is 11.9 Å². The van der Waals surface area contributed by atoms with Crippen LogP contribution in [-0.4, -0.2) is 30.5 Å². The molecule has 1 atom stereocenters. The number of likely N-dealkylation sites (N-methyl/N-ethyl adjacent to an activating group) is 1. The standard InChI is InChI=1S/C15H19NO2/c1-4-11(2)16(3)15(17)13-9-12-7-5-6-8-14(12)18-10-13/h5-9,11H,4,10H2,1-3H3. The Morgan fingerprint density at radius 2 is 2.17 bits per heavy atom. The van der Waals surface area contributed by atoms with Gasteiger partial charge in [-0.3, -0.25) is 4.79 Å². The summed E-state index contributed by atoms with van der Waals surface area (Å²) in [5, 5.41) is 0. The Balaban J connectivity index is 2.21. The van der Waals surface area contributed by atoms with Crippen molar-refractivity contribution in [3.8, 4) is 5.75 Å². The lowest BCUT2D eigenvalue weighted by Gasteiger charge is -2.26. The van der Waals surface area contributed by atoms with Crippen molar-refractivity contribution in [1.29, 1.82) is 0 Å². The first kappa shape index (κ1) is 12.7. The van der Waals surface area contributed by atoms with Crippen LogP contribution in [0.25, 0.3) is 6.08 Å². The van der Waals surface area contributed by atoms with Crippen molar-refractivity contribution in [2.75, 3.05) is 13.7 Å². The fraction of sp³-hybridized carbons (Fsp3) is 0.400. The van der Waals surface area contributed by atoms with Gasteiger partial charge in [0.25, 0.3) is 5.91 Å². The zero-order valence-electron chi connectivity index (χ0n) is 11.1. The summed E-state index contributed by atoms with van der Waals surface area (Å²) in [6, 6.07) is 8.02. The molecule has 0 N–H and O–H groups in total. The molecule has 1 heterocycles. The lowest BCUT2D eigenvalue weighted by atomic mass is 10.1. The molecule has 1 aromatic rings. The molecule has 1 aliphatic rings. The SMILES string of the molecule is CCC(C)N(C)C(=O)C1=Cc2ccccc2OC1. The molecule has 0 bridgehead atoms. The fourth-order valence-corrected chi connectivity index (χ4v) is 1.94. The van der Waals surface area contributed by atoms with Crippen LogP contribution in [0.3, 0.4) is 0 Å². The summed E-state index contributed by atoms with van der Waals surface area (Å²) in [4.78, 5) is 14.1. The van der Waals surface area contributed by atoms with Gasteiger partial charge in [0.2, 0.25) is 0 Å². The van der Waals surface area contributed by atoms with E-state index in [2.05, 4.69) is 13.8 Å². The predicted octanol–water partition coefficient (Wildman–Crippen LogP) is 2.72. The van der Waals surface area contributed by atoms with Gasteiger partial charge in [0.05, 0.1) is 5.57 Å². The molecule has 0 fully saturated rings. The van der Waals surface area contributed by atoms with Crippen LogP contribution in [0.2, 0.25) is 0 Å². The van der Waals surface area contributed by atoms with Crippen LogP contribution in [0.4, 0.5) is 0 Å². The number of hydrogen-bond acceptors (Lipinski definition) is 2. The Labute approximate surface area is 108 Å². The van der Waals surface area contributed by atoms with Crippen LogP contribution < -0.4 is 4.74 Å². The quantitative estimate of drug-likeness (QED) is 0.819. The molecule has 1 aromatic carbocycles. The minimum Gasteiger partial charge on any atom is -0.488 e. The largest absolute Gasteiger partial charge is 0.488 e. The first-order valence-electron chi connectivity index (χ1n) is 6.33. The number of ether oxygens (including phenoxy) is 1. The van der Waals surface area contributed by atoms with Gasteiger partial charge in [-0.25, -0.2) is 0 Å². The molecular weight excluding hydrogens is 226 g/mol. The molecule has 96 valence electrons. The smallest absolute Gasteiger partial charge is 0.253 e. The average Bonchev–Trinajstić information content (AvgIpc) is 2.44.